The number of hydrogen-bond donors (Lipinski definition) is 5. The van der Waals surface area contributed by atoms with Crippen LogP contribution in [0.3, 0.4) is 0 Å². The van der Waals surface area contributed by atoms with E-state index in [2.05, 4.69) is 13.0 Å². The Kier molecular flexibility index (Phi) is 10.7. The molecule has 0 aromatic rings. The molecule has 1 saturated carbocycles. The highest BCUT2D eigenvalue weighted by Crippen LogP contribution is 2.36. The number of carboxylic acids is 1. The molecule has 1 fully saturated rings. The molecular formula is C20H34O6. The van der Waals surface area contributed by atoms with Crippen molar-refractivity contribution < 1.29 is 30.3 Å². The zero-order valence-electron chi connectivity index (χ0n) is 15.6. The first-order valence-electron chi connectivity index (χ1n) is 9.65. The van der Waals surface area contributed by atoms with E-state index in [-0.39, 0.29) is 12.3 Å². The highest BCUT2D eigenvalue weighted by molar-refractivity contribution is 5.66. The molecule has 150 valence electrons. The topological polar surface area (TPSA) is 118 Å². The van der Waals surface area contributed by atoms with Gasteiger partial charge in [0.1, 0.15) is 6.10 Å². The zero-order valence-corrected chi connectivity index (χ0v) is 15.6. The van der Waals surface area contributed by atoms with Crippen LogP contribution < -0.4 is 0 Å². The second-order valence-corrected chi connectivity index (χ2v) is 7.15. The summed E-state index contributed by atoms with van der Waals surface area (Å²) in [4.78, 5) is 10.5. The van der Waals surface area contributed by atoms with Gasteiger partial charge in [-0.15, -0.1) is 0 Å². The highest BCUT2D eigenvalue weighted by atomic mass is 16.4. The van der Waals surface area contributed by atoms with Crippen molar-refractivity contribution in [3.8, 4) is 0 Å². The Morgan fingerprint density at radius 1 is 1.04 bits per heavy atom. The highest BCUT2D eigenvalue weighted by Gasteiger charge is 2.46. The molecule has 1 aliphatic rings. The second kappa shape index (κ2) is 12.2. The number of unbranched alkanes of at least 4 members (excludes halogenated alkanes) is 3. The van der Waals surface area contributed by atoms with Gasteiger partial charge in [0.05, 0.1) is 18.3 Å². The number of rotatable bonds is 12. The summed E-state index contributed by atoms with van der Waals surface area (Å²) in [6.45, 7) is 2.15. The van der Waals surface area contributed by atoms with Crippen molar-refractivity contribution in [1.82, 2.24) is 0 Å². The summed E-state index contributed by atoms with van der Waals surface area (Å²) in [7, 11) is 0. The van der Waals surface area contributed by atoms with Crippen LogP contribution in [-0.4, -0.2) is 55.9 Å². The number of carbonyl (C=O) groups is 1. The lowest BCUT2D eigenvalue weighted by molar-refractivity contribution is -0.137. The van der Waals surface area contributed by atoms with Gasteiger partial charge in [-0.3, -0.25) is 4.79 Å². The van der Waals surface area contributed by atoms with E-state index in [9.17, 15) is 25.2 Å². The largest absolute Gasteiger partial charge is 0.481 e. The van der Waals surface area contributed by atoms with Crippen LogP contribution in [-0.2, 0) is 4.79 Å². The van der Waals surface area contributed by atoms with E-state index in [1.165, 1.54) is 12.5 Å². The summed E-state index contributed by atoms with van der Waals surface area (Å²) in [6.07, 6.45) is 8.80. The summed E-state index contributed by atoms with van der Waals surface area (Å²) in [5.41, 5.74) is 0. The van der Waals surface area contributed by atoms with Crippen LogP contribution in [0.1, 0.15) is 58.3 Å². The number of aliphatic carboxylic acids is 1. The van der Waals surface area contributed by atoms with Gasteiger partial charge in [0.25, 0.3) is 0 Å². The second-order valence-electron chi connectivity index (χ2n) is 7.15. The van der Waals surface area contributed by atoms with Crippen molar-refractivity contribution in [2.24, 2.45) is 11.8 Å². The van der Waals surface area contributed by atoms with E-state index < -0.39 is 36.3 Å². The quantitative estimate of drug-likeness (QED) is 0.265. The van der Waals surface area contributed by atoms with E-state index in [1.54, 1.807) is 6.08 Å². The predicted molar refractivity (Wildman–Crippen MR) is 99.5 cm³/mol. The van der Waals surface area contributed by atoms with Gasteiger partial charge in [0.2, 0.25) is 0 Å². The van der Waals surface area contributed by atoms with Crippen LogP contribution in [0.2, 0.25) is 0 Å². The van der Waals surface area contributed by atoms with E-state index in [0.29, 0.717) is 19.3 Å². The lowest BCUT2D eigenvalue weighted by atomic mass is 9.89. The average Bonchev–Trinajstić information content (AvgIpc) is 2.79. The Morgan fingerprint density at radius 3 is 2.42 bits per heavy atom. The molecule has 0 heterocycles. The van der Waals surface area contributed by atoms with E-state index in [4.69, 9.17) is 5.11 Å². The fraction of sp³-hybridized carbons (Fsp3) is 0.750. The maximum atomic E-state index is 10.5. The Bertz CT molecular complexity index is 461. The molecule has 0 aliphatic heterocycles. The maximum Gasteiger partial charge on any atom is 0.303 e. The molecule has 26 heavy (non-hydrogen) atoms. The third-order valence-electron chi connectivity index (χ3n) is 5.02. The van der Waals surface area contributed by atoms with Crippen LogP contribution in [0, 0.1) is 11.8 Å². The minimum absolute atomic E-state index is 0.000166. The van der Waals surface area contributed by atoms with Crippen molar-refractivity contribution in [2.75, 3.05) is 0 Å². The van der Waals surface area contributed by atoms with Crippen LogP contribution in [0.5, 0.6) is 0 Å². The molecule has 5 N–H and O–H groups in total. The van der Waals surface area contributed by atoms with E-state index >= 15 is 0 Å². The summed E-state index contributed by atoms with van der Waals surface area (Å²) in [5.74, 6) is -1.66. The summed E-state index contributed by atoms with van der Waals surface area (Å²) < 4.78 is 0. The molecule has 1 rings (SSSR count). The standard InChI is InChI=1S/C20H34O6/c1-2-3-4-5-6-7-10-15-16(19(25)20(26)18(15)24)13-12-14(21)9-8-11-17(22)23/h6-7,12-16,18-21,24-26H,2-5,8-11H2,1H3,(H,22,23)/b7-6+,13-12+. The van der Waals surface area contributed by atoms with Crippen LogP contribution in [0.15, 0.2) is 24.3 Å². The molecule has 0 aromatic heterocycles. The Labute approximate surface area is 155 Å². The van der Waals surface area contributed by atoms with Gasteiger partial charge >= 0.3 is 5.97 Å². The normalized spacial score (nSPS) is 30.4. The fourth-order valence-corrected chi connectivity index (χ4v) is 3.42. The molecular weight excluding hydrogens is 336 g/mol. The maximum absolute atomic E-state index is 10.5. The Hall–Kier alpha value is -1.21. The SMILES string of the molecule is CCCCC/C=C/CC1C(O)C(O)C(O)C1/C=C/C(O)CCCC(=O)O. The third-order valence-corrected chi connectivity index (χ3v) is 5.02. The molecule has 0 saturated heterocycles. The molecule has 6 heteroatoms. The van der Waals surface area contributed by atoms with Gasteiger partial charge in [-0.25, -0.2) is 0 Å². The van der Waals surface area contributed by atoms with Crippen molar-refractivity contribution in [2.45, 2.75) is 82.7 Å². The van der Waals surface area contributed by atoms with Crippen LogP contribution in [0.4, 0.5) is 0 Å². The third kappa shape index (κ3) is 7.58. The van der Waals surface area contributed by atoms with Gasteiger partial charge in [0, 0.05) is 12.3 Å². The van der Waals surface area contributed by atoms with E-state index in [1.807, 2.05) is 6.08 Å². The van der Waals surface area contributed by atoms with E-state index in [0.717, 1.165) is 19.3 Å². The summed E-state index contributed by atoms with van der Waals surface area (Å²) in [5, 5.41) is 48.9. The van der Waals surface area contributed by atoms with Crippen molar-refractivity contribution >= 4 is 5.97 Å². The van der Waals surface area contributed by atoms with Crippen LogP contribution in [0.25, 0.3) is 0 Å². The Morgan fingerprint density at radius 2 is 1.77 bits per heavy atom. The molecule has 0 radical (unpaired) electrons. The van der Waals surface area contributed by atoms with Gasteiger partial charge in [-0.1, -0.05) is 44.1 Å². The number of allylic oxidation sites excluding steroid dienone is 2. The van der Waals surface area contributed by atoms with Crippen molar-refractivity contribution in [3.63, 3.8) is 0 Å². The fourth-order valence-electron chi connectivity index (χ4n) is 3.42. The minimum atomic E-state index is -1.20. The molecule has 6 nitrogen and oxygen atoms in total. The molecule has 0 amide bonds. The summed E-state index contributed by atoms with van der Waals surface area (Å²) in [6, 6.07) is 0. The van der Waals surface area contributed by atoms with Gasteiger partial charge in [-0.05, 0) is 38.0 Å². The number of aliphatic hydroxyl groups is 4. The average molecular weight is 370 g/mol. The first-order chi connectivity index (χ1) is 12.4. The molecule has 6 unspecified atom stereocenters. The van der Waals surface area contributed by atoms with Crippen molar-refractivity contribution in [3.05, 3.63) is 24.3 Å². The monoisotopic (exact) mass is 370 g/mol. The molecule has 0 aromatic carbocycles. The lowest BCUT2D eigenvalue weighted by Gasteiger charge is -2.19. The first-order valence-corrected chi connectivity index (χ1v) is 9.65. The first kappa shape index (κ1) is 22.8. The van der Waals surface area contributed by atoms with Crippen molar-refractivity contribution in [1.29, 1.82) is 0 Å². The van der Waals surface area contributed by atoms with Gasteiger partial charge in [0.15, 0.2) is 0 Å². The zero-order chi connectivity index (χ0) is 19.5. The van der Waals surface area contributed by atoms with Gasteiger partial charge < -0.3 is 25.5 Å². The number of carboxylic acid groups (broad SMARTS) is 1. The smallest absolute Gasteiger partial charge is 0.303 e. The van der Waals surface area contributed by atoms with Gasteiger partial charge in [-0.2, -0.15) is 0 Å². The number of hydrogen-bond acceptors (Lipinski definition) is 5. The Balaban J connectivity index is 2.57. The molecule has 0 bridgehead atoms. The molecule has 6 atom stereocenters. The molecule has 0 spiro atoms. The minimum Gasteiger partial charge on any atom is -0.481 e. The molecule has 1 aliphatic carbocycles. The summed E-state index contributed by atoms with van der Waals surface area (Å²) >= 11 is 0. The number of aliphatic hydroxyl groups excluding tert-OH is 4. The van der Waals surface area contributed by atoms with Crippen LogP contribution >= 0.6 is 0 Å². The lowest BCUT2D eigenvalue weighted by Crippen LogP contribution is -2.30. The predicted octanol–water partition coefficient (Wildman–Crippen LogP) is 2.01.